The molecule has 1 aromatic carbocycles. The van der Waals surface area contributed by atoms with Crippen molar-refractivity contribution in [2.75, 3.05) is 17.2 Å². The summed E-state index contributed by atoms with van der Waals surface area (Å²) in [5, 5.41) is 14.2. The highest BCUT2D eigenvalue weighted by Crippen LogP contribution is 2.45. The van der Waals surface area contributed by atoms with Crippen LogP contribution in [0.3, 0.4) is 0 Å². The number of anilines is 3. The van der Waals surface area contributed by atoms with E-state index in [0.717, 1.165) is 30.2 Å². The van der Waals surface area contributed by atoms with Crippen LogP contribution in [-0.4, -0.2) is 64.7 Å². The summed E-state index contributed by atoms with van der Waals surface area (Å²) in [6.45, 7) is 5.60. The smallest absolute Gasteiger partial charge is 0.365 e. The van der Waals surface area contributed by atoms with Crippen LogP contribution in [0, 0.1) is 12.7 Å². The molecular formula is C26H32F3N9O. The molecule has 3 aliphatic rings. The van der Waals surface area contributed by atoms with Crippen molar-refractivity contribution < 1.29 is 13.2 Å². The summed E-state index contributed by atoms with van der Waals surface area (Å²) in [6.07, 6.45) is 4.02. The summed E-state index contributed by atoms with van der Waals surface area (Å²) in [5.74, 6) is -2.79. The second-order valence-electron chi connectivity index (χ2n) is 11.7. The molecule has 4 heterocycles. The summed E-state index contributed by atoms with van der Waals surface area (Å²) < 4.78 is 45.6. The van der Waals surface area contributed by atoms with Crippen molar-refractivity contribution in [1.82, 2.24) is 34.7 Å². The second-order valence-corrected chi connectivity index (χ2v) is 11.7. The van der Waals surface area contributed by atoms with E-state index in [0.29, 0.717) is 30.1 Å². The molecule has 1 saturated carbocycles. The van der Waals surface area contributed by atoms with E-state index >= 15 is 0 Å². The van der Waals surface area contributed by atoms with Crippen molar-refractivity contribution in [3.05, 3.63) is 45.8 Å². The van der Waals surface area contributed by atoms with Gasteiger partial charge >= 0.3 is 5.69 Å². The molecule has 0 spiro atoms. The summed E-state index contributed by atoms with van der Waals surface area (Å²) in [4.78, 5) is 23.0. The molecule has 2 aromatic heterocycles. The molecule has 2 N–H and O–H groups in total. The average molecular weight is 544 g/mol. The third-order valence-corrected chi connectivity index (χ3v) is 8.13. The molecule has 39 heavy (non-hydrogen) atoms. The Hall–Kier alpha value is -3.48. The minimum atomic E-state index is -2.71. The highest BCUT2D eigenvalue weighted by atomic mass is 19.3. The van der Waals surface area contributed by atoms with Crippen LogP contribution >= 0.6 is 0 Å². The molecule has 0 amide bonds. The normalized spacial score (nSPS) is 24.0. The van der Waals surface area contributed by atoms with Gasteiger partial charge < -0.3 is 10.6 Å². The molecular weight excluding hydrogens is 511 g/mol. The number of hydrogen-bond donors (Lipinski definition) is 2. The van der Waals surface area contributed by atoms with E-state index in [1.807, 2.05) is 37.8 Å². The summed E-state index contributed by atoms with van der Waals surface area (Å²) >= 11 is 0. The van der Waals surface area contributed by atoms with Crippen LogP contribution in [0.2, 0.25) is 0 Å². The average Bonchev–Trinajstić information content (AvgIpc) is 3.57. The van der Waals surface area contributed by atoms with Crippen molar-refractivity contribution in [2.45, 2.75) is 82.3 Å². The Labute approximate surface area is 223 Å². The van der Waals surface area contributed by atoms with Crippen LogP contribution in [0.5, 0.6) is 0 Å². The lowest BCUT2D eigenvalue weighted by molar-refractivity contribution is -0.00687. The summed E-state index contributed by atoms with van der Waals surface area (Å²) in [6, 6.07) is 3.34. The Balaban J connectivity index is 1.26. The number of hydrogen-bond acceptors (Lipinski definition) is 8. The number of halogens is 3. The highest BCUT2D eigenvalue weighted by molar-refractivity contribution is 5.66. The maximum Gasteiger partial charge on any atom is 0.368 e. The zero-order valence-electron chi connectivity index (χ0n) is 22.4. The molecule has 1 aliphatic carbocycles. The number of nitrogens with one attached hydrogen (secondary N) is 2. The topological polar surface area (TPSA) is 106 Å². The number of tetrazole rings is 1. The first-order valence-electron chi connectivity index (χ1n) is 13.2. The lowest BCUT2D eigenvalue weighted by Gasteiger charge is -2.47. The number of benzene rings is 1. The van der Waals surface area contributed by atoms with E-state index < -0.39 is 17.3 Å². The van der Waals surface area contributed by atoms with E-state index in [1.165, 1.54) is 9.36 Å². The van der Waals surface area contributed by atoms with E-state index in [1.54, 1.807) is 7.05 Å². The molecule has 2 saturated heterocycles. The Morgan fingerprint density at radius 2 is 1.90 bits per heavy atom. The second kappa shape index (κ2) is 9.04. The van der Waals surface area contributed by atoms with Gasteiger partial charge in [-0.15, -0.1) is 0 Å². The maximum atomic E-state index is 14.8. The third-order valence-electron chi connectivity index (χ3n) is 8.13. The van der Waals surface area contributed by atoms with Crippen LogP contribution in [-0.2, 0) is 7.05 Å². The molecule has 3 aromatic rings. The molecule has 0 bridgehead atoms. The minimum Gasteiger partial charge on any atom is -0.365 e. The van der Waals surface area contributed by atoms with Crippen molar-refractivity contribution in [1.29, 1.82) is 0 Å². The van der Waals surface area contributed by atoms with Crippen molar-refractivity contribution in [3.63, 3.8) is 0 Å². The zero-order valence-corrected chi connectivity index (χ0v) is 22.4. The lowest BCUT2D eigenvalue weighted by atomic mass is 9.84. The van der Waals surface area contributed by atoms with Gasteiger partial charge in [-0.25, -0.2) is 22.9 Å². The first kappa shape index (κ1) is 25.8. The van der Waals surface area contributed by atoms with E-state index in [4.69, 9.17) is 0 Å². The van der Waals surface area contributed by atoms with Crippen LogP contribution in [0.4, 0.5) is 30.6 Å². The fourth-order valence-electron chi connectivity index (χ4n) is 6.12. The lowest BCUT2D eigenvalue weighted by Crippen LogP contribution is -2.55. The molecule has 13 heteroatoms. The maximum absolute atomic E-state index is 14.8. The third kappa shape index (κ3) is 4.88. The van der Waals surface area contributed by atoms with Gasteiger partial charge in [0, 0.05) is 36.8 Å². The van der Waals surface area contributed by atoms with Crippen LogP contribution < -0.4 is 16.3 Å². The fraction of sp³-hybridized carbons (Fsp3) is 0.577. The van der Waals surface area contributed by atoms with Gasteiger partial charge in [0.25, 0.3) is 5.92 Å². The molecule has 0 radical (unpaired) electrons. The van der Waals surface area contributed by atoms with Gasteiger partial charge in [0.2, 0.25) is 5.95 Å². The summed E-state index contributed by atoms with van der Waals surface area (Å²) in [7, 11) is 1.54. The van der Waals surface area contributed by atoms with Gasteiger partial charge in [-0.2, -0.15) is 14.3 Å². The van der Waals surface area contributed by atoms with Gasteiger partial charge in [0.15, 0.2) is 11.6 Å². The van der Waals surface area contributed by atoms with Gasteiger partial charge in [-0.05, 0) is 80.0 Å². The number of piperidine rings is 1. The van der Waals surface area contributed by atoms with Crippen molar-refractivity contribution >= 4 is 17.5 Å². The SMILES string of the molecule is Cc1cc(C2CC2)c(-n2nnn(C)c2=O)cc1Nc1ncc(F)c(NC2C[C@@H]3CC(F)(F)CN3C(C)(C)C2)n1. The Kier molecular flexibility index (Phi) is 5.97. The number of aryl methyl sites for hydroxylation is 2. The molecule has 10 nitrogen and oxygen atoms in total. The highest BCUT2D eigenvalue weighted by Gasteiger charge is 2.53. The zero-order chi connectivity index (χ0) is 27.7. The van der Waals surface area contributed by atoms with E-state index in [-0.39, 0.29) is 42.5 Å². The molecule has 1 unspecified atom stereocenters. The standard InChI is InChI=1S/C26H32F3N9O/c1-14-7-18(15-5-6-15)21(38-24(39)36(4)34-35-38)9-20(14)32-23-30-12-19(27)22(33-23)31-16-8-17-11-26(28,29)13-37(17)25(2,3)10-16/h7,9,12,15-17H,5-6,8,10-11,13H2,1-4H3,(H2,30,31,32,33)/t16?,17-/m1/s1. The van der Waals surface area contributed by atoms with Gasteiger partial charge in [-0.1, -0.05) is 6.07 Å². The first-order chi connectivity index (χ1) is 18.4. The molecule has 208 valence electrons. The number of nitrogens with zero attached hydrogens (tertiary/aromatic N) is 7. The molecule has 2 aliphatic heterocycles. The van der Waals surface area contributed by atoms with E-state index in [9.17, 15) is 18.0 Å². The number of fused-ring (bicyclic) bond motifs is 1. The molecule has 6 rings (SSSR count). The van der Waals surface area contributed by atoms with Crippen LogP contribution in [0.15, 0.2) is 23.1 Å². The minimum absolute atomic E-state index is 0.0177. The van der Waals surface area contributed by atoms with Crippen LogP contribution in [0.1, 0.15) is 63.0 Å². The summed E-state index contributed by atoms with van der Waals surface area (Å²) in [5.41, 5.74) is 2.40. The largest absolute Gasteiger partial charge is 0.368 e. The predicted octanol–water partition coefficient (Wildman–Crippen LogP) is 3.89. The fourth-order valence-corrected chi connectivity index (χ4v) is 6.12. The first-order valence-corrected chi connectivity index (χ1v) is 13.2. The van der Waals surface area contributed by atoms with Crippen molar-refractivity contribution in [3.8, 4) is 5.69 Å². The number of alkyl halides is 2. The monoisotopic (exact) mass is 543 g/mol. The Morgan fingerprint density at radius 3 is 2.59 bits per heavy atom. The predicted molar refractivity (Wildman–Crippen MR) is 139 cm³/mol. The van der Waals surface area contributed by atoms with Crippen LogP contribution in [0.25, 0.3) is 5.69 Å². The number of aromatic nitrogens is 6. The quantitative estimate of drug-likeness (QED) is 0.483. The number of rotatable bonds is 6. The Morgan fingerprint density at radius 1 is 1.13 bits per heavy atom. The molecule has 3 fully saturated rings. The van der Waals surface area contributed by atoms with Gasteiger partial charge in [-0.3, -0.25) is 4.90 Å². The van der Waals surface area contributed by atoms with E-state index in [2.05, 4.69) is 31.0 Å². The molecule has 2 atom stereocenters. The Bertz CT molecular complexity index is 1480. The van der Waals surface area contributed by atoms with Crippen molar-refractivity contribution in [2.24, 2.45) is 7.05 Å². The van der Waals surface area contributed by atoms with Gasteiger partial charge in [0.1, 0.15) is 0 Å². The van der Waals surface area contributed by atoms with Gasteiger partial charge in [0.05, 0.1) is 18.4 Å².